The molecule has 6 heteroatoms. The van der Waals surface area contributed by atoms with Gasteiger partial charge in [0.25, 0.3) is 0 Å². The van der Waals surface area contributed by atoms with Gasteiger partial charge in [-0.05, 0) is 41.6 Å². The molecule has 0 bridgehead atoms. The molecule has 0 fully saturated rings. The van der Waals surface area contributed by atoms with Gasteiger partial charge in [-0.15, -0.1) is 11.3 Å². The molecule has 0 amide bonds. The van der Waals surface area contributed by atoms with Crippen molar-refractivity contribution in [3.05, 3.63) is 45.6 Å². The maximum Gasteiger partial charge on any atom is 0.231 e. The van der Waals surface area contributed by atoms with Crippen molar-refractivity contribution >= 4 is 17.3 Å². The topological polar surface area (TPSA) is 54.9 Å². The second-order valence-electron chi connectivity index (χ2n) is 6.76. The monoisotopic (exact) mass is 359 g/mol. The third-order valence-electron chi connectivity index (χ3n) is 4.46. The van der Waals surface area contributed by atoms with Gasteiger partial charge in [0, 0.05) is 23.9 Å². The first-order chi connectivity index (χ1) is 12.0. The predicted molar refractivity (Wildman–Crippen MR) is 103 cm³/mol. The molecule has 25 heavy (non-hydrogen) atoms. The predicted octanol–water partition coefficient (Wildman–Crippen LogP) is 3.43. The first-order valence-corrected chi connectivity index (χ1v) is 9.25. The number of hydrogen-bond acceptors (Lipinski definition) is 4. The van der Waals surface area contributed by atoms with E-state index in [1.54, 1.807) is 18.4 Å². The van der Waals surface area contributed by atoms with Crippen LogP contribution in [0, 0.1) is 6.92 Å². The number of benzene rings is 1. The lowest BCUT2D eigenvalue weighted by Gasteiger charge is -2.27. The smallest absolute Gasteiger partial charge is 0.231 e. The van der Waals surface area contributed by atoms with E-state index in [4.69, 9.17) is 9.47 Å². The van der Waals surface area contributed by atoms with E-state index in [1.807, 2.05) is 6.07 Å². The third-order valence-corrected chi connectivity index (χ3v) is 5.48. The summed E-state index contributed by atoms with van der Waals surface area (Å²) >= 11 is 1.76. The van der Waals surface area contributed by atoms with E-state index in [2.05, 4.69) is 60.0 Å². The molecule has 2 N–H and O–H groups in total. The van der Waals surface area contributed by atoms with Crippen molar-refractivity contribution in [1.82, 2.24) is 10.6 Å². The number of fused-ring (bicyclic) bond motifs is 1. The number of aryl methyl sites for hydroxylation is 1. The fourth-order valence-electron chi connectivity index (χ4n) is 2.69. The molecule has 0 saturated heterocycles. The summed E-state index contributed by atoms with van der Waals surface area (Å²) in [6.45, 7) is 8.38. The fraction of sp³-hybridized carbons (Fsp3) is 0.421. The summed E-state index contributed by atoms with van der Waals surface area (Å²) in [6, 6.07) is 8.28. The molecule has 134 valence electrons. The Morgan fingerprint density at radius 3 is 2.72 bits per heavy atom. The van der Waals surface area contributed by atoms with E-state index >= 15 is 0 Å². The van der Waals surface area contributed by atoms with Crippen molar-refractivity contribution in [2.75, 3.05) is 20.4 Å². The lowest BCUT2D eigenvalue weighted by molar-refractivity contribution is 0.174. The molecule has 0 saturated carbocycles. The number of nitrogens with zero attached hydrogens (tertiary/aromatic N) is 1. The van der Waals surface area contributed by atoms with Crippen LogP contribution in [0.2, 0.25) is 0 Å². The zero-order valence-corrected chi connectivity index (χ0v) is 16.0. The van der Waals surface area contributed by atoms with Crippen LogP contribution in [-0.2, 0) is 12.0 Å². The molecule has 2 aromatic rings. The maximum absolute atomic E-state index is 5.49. The van der Waals surface area contributed by atoms with Gasteiger partial charge in [-0.1, -0.05) is 19.9 Å². The van der Waals surface area contributed by atoms with Crippen LogP contribution in [0.25, 0.3) is 0 Å². The van der Waals surface area contributed by atoms with Crippen LogP contribution in [0.15, 0.2) is 34.6 Å². The summed E-state index contributed by atoms with van der Waals surface area (Å²) < 4.78 is 10.9. The number of nitrogens with one attached hydrogen (secondary N) is 2. The van der Waals surface area contributed by atoms with Gasteiger partial charge in [0.1, 0.15) is 0 Å². The summed E-state index contributed by atoms with van der Waals surface area (Å²) in [5.41, 5.74) is 2.44. The largest absolute Gasteiger partial charge is 0.454 e. The third kappa shape index (κ3) is 4.07. The number of hydrogen-bond donors (Lipinski definition) is 2. The van der Waals surface area contributed by atoms with Crippen molar-refractivity contribution in [2.45, 2.75) is 32.7 Å². The highest BCUT2D eigenvalue weighted by Crippen LogP contribution is 2.36. The van der Waals surface area contributed by atoms with Gasteiger partial charge in [0.15, 0.2) is 17.5 Å². The fourth-order valence-corrected chi connectivity index (χ4v) is 3.54. The second kappa shape index (κ2) is 7.35. The molecule has 0 spiro atoms. The highest BCUT2D eigenvalue weighted by Gasteiger charge is 2.24. The number of guanidine groups is 1. The molecule has 0 aliphatic carbocycles. The zero-order valence-electron chi connectivity index (χ0n) is 15.2. The van der Waals surface area contributed by atoms with Crippen LogP contribution in [0.1, 0.15) is 29.9 Å². The van der Waals surface area contributed by atoms with E-state index < -0.39 is 0 Å². The Kier molecular flexibility index (Phi) is 5.18. The van der Waals surface area contributed by atoms with Crippen molar-refractivity contribution in [1.29, 1.82) is 0 Å². The van der Waals surface area contributed by atoms with Crippen LogP contribution in [0.4, 0.5) is 0 Å². The molecule has 5 nitrogen and oxygen atoms in total. The van der Waals surface area contributed by atoms with Gasteiger partial charge in [-0.2, -0.15) is 0 Å². The zero-order chi connectivity index (χ0) is 17.9. The number of thiophene rings is 1. The summed E-state index contributed by atoms with van der Waals surface area (Å²) in [7, 11) is 1.80. The standard InChI is InChI=1S/C19H25N3O2S/c1-13-7-8-25-17(13)10-21-18(20-4)22-11-19(2,3)14-5-6-15-16(9-14)24-12-23-15/h5-9H,10-12H2,1-4H3,(H2,20,21,22). The van der Waals surface area contributed by atoms with E-state index in [-0.39, 0.29) is 5.41 Å². The van der Waals surface area contributed by atoms with Crippen molar-refractivity contribution in [2.24, 2.45) is 4.99 Å². The number of aliphatic imine (C=N–C) groups is 1. The summed E-state index contributed by atoms with van der Waals surface area (Å²) in [4.78, 5) is 5.66. The highest BCUT2D eigenvalue weighted by atomic mass is 32.1. The van der Waals surface area contributed by atoms with Crippen LogP contribution in [0.5, 0.6) is 11.5 Å². The molecule has 0 atom stereocenters. The Bertz CT molecular complexity index is 768. The van der Waals surface area contributed by atoms with Gasteiger partial charge < -0.3 is 20.1 Å². The Labute approximate surface area is 153 Å². The van der Waals surface area contributed by atoms with Crippen molar-refractivity contribution < 1.29 is 9.47 Å². The molecule has 2 heterocycles. The minimum absolute atomic E-state index is 0.0720. The van der Waals surface area contributed by atoms with Crippen LogP contribution in [0.3, 0.4) is 0 Å². The lowest BCUT2D eigenvalue weighted by Crippen LogP contribution is -2.43. The molecule has 0 radical (unpaired) electrons. The Hall–Kier alpha value is -2.21. The SMILES string of the molecule is CN=C(NCc1sccc1C)NCC(C)(C)c1ccc2c(c1)OCO2. The van der Waals surface area contributed by atoms with E-state index in [0.29, 0.717) is 6.79 Å². The highest BCUT2D eigenvalue weighted by molar-refractivity contribution is 7.10. The molecule has 1 aromatic heterocycles. The molecule has 1 aromatic carbocycles. The van der Waals surface area contributed by atoms with Crippen molar-refractivity contribution in [3.8, 4) is 11.5 Å². The summed E-state index contributed by atoms with van der Waals surface area (Å²) in [6.07, 6.45) is 0. The summed E-state index contributed by atoms with van der Waals surface area (Å²) in [5, 5.41) is 8.93. The Morgan fingerprint density at radius 2 is 2.00 bits per heavy atom. The summed E-state index contributed by atoms with van der Waals surface area (Å²) in [5.74, 6) is 2.44. The molecular formula is C19H25N3O2S. The van der Waals surface area contributed by atoms with Crippen molar-refractivity contribution in [3.63, 3.8) is 0 Å². The molecule has 1 aliphatic rings. The van der Waals surface area contributed by atoms with E-state index in [0.717, 1.165) is 30.5 Å². The first kappa shape index (κ1) is 17.6. The minimum atomic E-state index is -0.0720. The molecular weight excluding hydrogens is 334 g/mol. The average molecular weight is 359 g/mol. The van der Waals surface area contributed by atoms with Crippen LogP contribution < -0.4 is 20.1 Å². The second-order valence-corrected chi connectivity index (χ2v) is 7.76. The molecule has 3 rings (SSSR count). The van der Waals surface area contributed by atoms with Gasteiger partial charge >= 0.3 is 0 Å². The normalized spacial score (nSPS) is 13.8. The Balaban J connectivity index is 1.59. The van der Waals surface area contributed by atoms with Gasteiger partial charge in [-0.3, -0.25) is 4.99 Å². The van der Waals surface area contributed by atoms with Gasteiger partial charge in [-0.25, -0.2) is 0 Å². The van der Waals surface area contributed by atoms with Gasteiger partial charge in [0.05, 0.1) is 6.54 Å². The molecule has 1 aliphatic heterocycles. The number of rotatable bonds is 5. The van der Waals surface area contributed by atoms with Crippen LogP contribution >= 0.6 is 11.3 Å². The minimum Gasteiger partial charge on any atom is -0.454 e. The first-order valence-electron chi connectivity index (χ1n) is 8.37. The average Bonchev–Trinajstić information content (AvgIpc) is 3.23. The molecule has 0 unspecified atom stereocenters. The quantitative estimate of drug-likeness (QED) is 0.634. The van der Waals surface area contributed by atoms with E-state index in [1.165, 1.54) is 16.0 Å². The lowest BCUT2D eigenvalue weighted by atomic mass is 9.84. The Morgan fingerprint density at radius 1 is 1.20 bits per heavy atom. The number of ether oxygens (including phenoxy) is 2. The maximum atomic E-state index is 5.49. The van der Waals surface area contributed by atoms with E-state index in [9.17, 15) is 0 Å². The van der Waals surface area contributed by atoms with Crippen LogP contribution in [-0.4, -0.2) is 26.3 Å². The van der Waals surface area contributed by atoms with Gasteiger partial charge in [0.2, 0.25) is 6.79 Å².